The Labute approximate surface area is 130 Å². The summed E-state index contributed by atoms with van der Waals surface area (Å²) in [5, 5.41) is 3.75. The molecule has 0 bridgehead atoms. The summed E-state index contributed by atoms with van der Waals surface area (Å²) in [4.78, 5) is 2.53. The zero-order chi connectivity index (χ0) is 15.1. The highest BCUT2D eigenvalue weighted by Gasteiger charge is 2.26. The van der Waals surface area contributed by atoms with E-state index in [1.54, 1.807) is 0 Å². The van der Waals surface area contributed by atoms with Gasteiger partial charge in [0.25, 0.3) is 0 Å². The van der Waals surface area contributed by atoms with E-state index in [0.29, 0.717) is 0 Å². The quantitative estimate of drug-likeness (QED) is 0.763. The van der Waals surface area contributed by atoms with Crippen molar-refractivity contribution < 1.29 is 0 Å². The first-order valence-corrected chi connectivity index (χ1v) is 8.79. The molecule has 0 saturated heterocycles. The molecule has 2 heteroatoms. The Bertz CT molecular complexity index is 416. The van der Waals surface area contributed by atoms with Crippen molar-refractivity contribution in [1.82, 2.24) is 5.32 Å². The molecular formula is C19H32N2. The lowest BCUT2D eigenvalue weighted by Crippen LogP contribution is -2.35. The van der Waals surface area contributed by atoms with Gasteiger partial charge in [0.1, 0.15) is 0 Å². The summed E-state index contributed by atoms with van der Waals surface area (Å²) >= 11 is 0. The molecular weight excluding hydrogens is 256 g/mol. The molecule has 0 aliphatic heterocycles. The van der Waals surface area contributed by atoms with Crippen molar-refractivity contribution in [3.05, 3.63) is 29.8 Å². The van der Waals surface area contributed by atoms with Crippen LogP contribution in [0, 0.1) is 12.8 Å². The zero-order valence-electron chi connectivity index (χ0n) is 14.1. The average molecular weight is 288 g/mol. The van der Waals surface area contributed by atoms with E-state index in [0.717, 1.165) is 18.5 Å². The van der Waals surface area contributed by atoms with Gasteiger partial charge < -0.3 is 10.2 Å². The van der Waals surface area contributed by atoms with Gasteiger partial charge in [0.15, 0.2) is 0 Å². The summed E-state index contributed by atoms with van der Waals surface area (Å²) in [6, 6.07) is 9.68. The second-order valence-electron chi connectivity index (χ2n) is 6.46. The van der Waals surface area contributed by atoms with Crippen molar-refractivity contribution in [2.45, 2.75) is 58.9 Å². The monoisotopic (exact) mass is 288 g/mol. The van der Waals surface area contributed by atoms with Gasteiger partial charge in [0, 0.05) is 24.8 Å². The highest BCUT2D eigenvalue weighted by Crippen LogP contribution is 2.29. The maximum absolute atomic E-state index is 3.75. The Kier molecular flexibility index (Phi) is 6.56. The third-order valence-corrected chi connectivity index (χ3v) is 4.83. The maximum atomic E-state index is 3.75. The molecule has 0 radical (unpaired) electrons. The van der Waals surface area contributed by atoms with Crippen LogP contribution in [0.5, 0.6) is 0 Å². The van der Waals surface area contributed by atoms with Crippen molar-refractivity contribution in [2.75, 3.05) is 24.5 Å². The summed E-state index contributed by atoms with van der Waals surface area (Å²) in [7, 11) is 0. The summed E-state index contributed by atoms with van der Waals surface area (Å²) in [6.45, 7) is 10.2. The summed E-state index contributed by atoms with van der Waals surface area (Å²) in [6.07, 6.45) is 6.76. The molecule has 0 heterocycles. The molecule has 1 N–H and O–H groups in total. The van der Waals surface area contributed by atoms with Gasteiger partial charge in [-0.1, -0.05) is 25.5 Å². The number of benzene rings is 1. The van der Waals surface area contributed by atoms with Crippen LogP contribution in [0.25, 0.3) is 0 Å². The van der Waals surface area contributed by atoms with Crippen molar-refractivity contribution in [1.29, 1.82) is 0 Å². The first-order valence-electron chi connectivity index (χ1n) is 8.79. The van der Waals surface area contributed by atoms with Crippen molar-refractivity contribution in [3.63, 3.8) is 0 Å². The second-order valence-corrected chi connectivity index (χ2v) is 6.46. The molecule has 1 saturated carbocycles. The van der Waals surface area contributed by atoms with E-state index in [9.17, 15) is 0 Å². The van der Waals surface area contributed by atoms with E-state index >= 15 is 0 Å². The molecule has 2 rings (SSSR count). The van der Waals surface area contributed by atoms with Gasteiger partial charge in [-0.15, -0.1) is 0 Å². The molecule has 1 aliphatic rings. The van der Waals surface area contributed by atoms with E-state index in [-0.39, 0.29) is 0 Å². The standard InChI is InChI=1S/C19H32N2/c1-4-13-20-19-11-7-9-17(19)12-14-21(5-2)18-10-6-8-16(3)15-18/h6,8,10,15,17,19-20H,4-5,7,9,11-14H2,1-3H3. The normalized spacial score (nSPS) is 21.7. The Balaban J connectivity index is 1.87. The van der Waals surface area contributed by atoms with Crippen LogP contribution in [0.3, 0.4) is 0 Å². The minimum atomic E-state index is 0.765. The molecule has 2 unspecified atom stereocenters. The van der Waals surface area contributed by atoms with Crippen LogP contribution in [-0.4, -0.2) is 25.7 Å². The molecule has 1 aliphatic carbocycles. The molecule has 118 valence electrons. The SMILES string of the molecule is CCCNC1CCCC1CCN(CC)c1cccc(C)c1. The summed E-state index contributed by atoms with van der Waals surface area (Å²) < 4.78 is 0. The van der Waals surface area contributed by atoms with Crippen LogP contribution < -0.4 is 10.2 Å². The molecule has 1 aromatic carbocycles. The number of nitrogens with zero attached hydrogens (tertiary/aromatic N) is 1. The highest BCUT2D eigenvalue weighted by atomic mass is 15.1. The Hall–Kier alpha value is -1.02. The van der Waals surface area contributed by atoms with E-state index in [2.05, 4.69) is 55.3 Å². The lowest BCUT2D eigenvalue weighted by Gasteiger charge is -2.27. The van der Waals surface area contributed by atoms with Gasteiger partial charge in [-0.05, 0) is 69.7 Å². The van der Waals surface area contributed by atoms with Crippen LogP contribution in [0.2, 0.25) is 0 Å². The third kappa shape index (κ3) is 4.74. The summed E-state index contributed by atoms with van der Waals surface area (Å²) in [5.41, 5.74) is 2.74. The lowest BCUT2D eigenvalue weighted by atomic mass is 9.99. The molecule has 0 aromatic heterocycles. The minimum Gasteiger partial charge on any atom is -0.372 e. The van der Waals surface area contributed by atoms with E-state index in [1.165, 1.54) is 56.4 Å². The van der Waals surface area contributed by atoms with Gasteiger partial charge in [-0.3, -0.25) is 0 Å². The molecule has 0 spiro atoms. The molecule has 2 atom stereocenters. The van der Waals surface area contributed by atoms with Crippen molar-refractivity contribution in [2.24, 2.45) is 5.92 Å². The molecule has 0 amide bonds. The minimum absolute atomic E-state index is 0.765. The fourth-order valence-electron chi connectivity index (χ4n) is 3.60. The number of hydrogen-bond donors (Lipinski definition) is 1. The fourth-order valence-corrected chi connectivity index (χ4v) is 3.60. The summed E-state index contributed by atoms with van der Waals surface area (Å²) in [5.74, 6) is 0.871. The predicted molar refractivity (Wildman–Crippen MR) is 93.1 cm³/mol. The second kappa shape index (κ2) is 8.43. The van der Waals surface area contributed by atoms with E-state index < -0.39 is 0 Å². The first-order chi connectivity index (χ1) is 10.2. The van der Waals surface area contributed by atoms with Gasteiger partial charge in [0.2, 0.25) is 0 Å². The fraction of sp³-hybridized carbons (Fsp3) is 0.684. The van der Waals surface area contributed by atoms with Crippen LogP contribution in [0.4, 0.5) is 5.69 Å². The number of aryl methyl sites for hydroxylation is 1. The lowest BCUT2D eigenvalue weighted by molar-refractivity contribution is 0.380. The van der Waals surface area contributed by atoms with Crippen molar-refractivity contribution in [3.8, 4) is 0 Å². The van der Waals surface area contributed by atoms with Gasteiger partial charge in [-0.25, -0.2) is 0 Å². The average Bonchev–Trinajstić information content (AvgIpc) is 2.93. The van der Waals surface area contributed by atoms with E-state index in [1.807, 2.05) is 0 Å². The highest BCUT2D eigenvalue weighted by molar-refractivity contribution is 5.48. The molecule has 1 aromatic rings. The maximum Gasteiger partial charge on any atom is 0.0368 e. The van der Waals surface area contributed by atoms with Crippen LogP contribution in [0.1, 0.15) is 51.5 Å². The largest absolute Gasteiger partial charge is 0.372 e. The smallest absolute Gasteiger partial charge is 0.0368 e. The van der Waals surface area contributed by atoms with Gasteiger partial charge >= 0.3 is 0 Å². The number of nitrogens with one attached hydrogen (secondary N) is 1. The van der Waals surface area contributed by atoms with E-state index in [4.69, 9.17) is 0 Å². The number of rotatable bonds is 8. The van der Waals surface area contributed by atoms with Crippen LogP contribution >= 0.6 is 0 Å². The third-order valence-electron chi connectivity index (χ3n) is 4.83. The van der Waals surface area contributed by atoms with Crippen LogP contribution in [-0.2, 0) is 0 Å². The Morgan fingerprint density at radius 2 is 2.10 bits per heavy atom. The molecule has 2 nitrogen and oxygen atoms in total. The van der Waals surface area contributed by atoms with Crippen molar-refractivity contribution >= 4 is 5.69 Å². The number of anilines is 1. The Morgan fingerprint density at radius 1 is 1.24 bits per heavy atom. The van der Waals surface area contributed by atoms with Gasteiger partial charge in [0.05, 0.1) is 0 Å². The van der Waals surface area contributed by atoms with Gasteiger partial charge in [-0.2, -0.15) is 0 Å². The zero-order valence-corrected chi connectivity index (χ0v) is 14.1. The number of hydrogen-bond acceptors (Lipinski definition) is 2. The first kappa shape index (κ1) is 16.4. The Morgan fingerprint density at radius 3 is 2.81 bits per heavy atom. The van der Waals surface area contributed by atoms with Crippen LogP contribution in [0.15, 0.2) is 24.3 Å². The molecule has 1 fully saturated rings. The predicted octanol–water partition coefficient (Wildman–Crippen LogP) is 4.38. The molecule has 21 heavy (non-hydrogen) atoms. The topological polar surface area (TPSA) is 15.3 Å².